The van der Waals surface area contributed by atoms with Crippen molar-refractivity contribution < 1.29 is 13.5 Å². The van der Waals surface area contributed by atoms with Crippen LogP contribution >= 0.6 is 0 Å². The maximum absolute atomic E-state index is 12.7. The second kappa shape index (κ2) is 7.26. The molecule has 0 saturated carbocycles. The normalized spacial score (nSPS) is 17.5. The summed E-state index contributed by atoms with van der Waals surface area (Å²) in [6, 6.07) is 11.2. The van der Waals surface area contributed by atoms with E-state index in [2.05, 4.69) is 16.7 Å². The number of nitrogens with zero attached hydrogens (tertiary/aromatic N) is 1. The number of fused-ring (bicyclic) bond motifs is 2. The highest BCUT2D eigenvalue weighted by Gasteiger charge is 2.21. The van der Waals surface area contributed by atoms with Gasteiger partial charge >= 0.3 is 0 Å². The molecule has 27 heavy (non-hydrogen) atoms. The van der Waals surface area contributed by atoms with Crippen LogP contribution in [0.2, 0.25) is 0 Å². The lowest BCUT2D eigenvalue weighted by molar-refractivity contribution is 0.182. The van der Waals surface area contributed by atoms with E-state index in [-0.39, 0.29) is 11.4 Å². The summed E-state index contributed by atoms with van der Waals surface area (Å²) in [5.74, 6) is 0. The number of hydrogen-bond acceptors (Lipinski definition) is 4. The zero-order chi connectivity index (χ0) is 19.0. The van der Waals surface area contributed by atoms with Gasteiger partial charge in [-0.15, -0.1) is 0 Å². The van der Waals surface area contributed by atoms with E-state index in [0.717, 1.165) is 43.4 Å². The van der Waals surface area contributed by atoms with Crippen LogP contribution in [0.3, 0.4) is 0 Å². The van der Waals surface area contributed by atoms with Gasteiger partial charge in [-0.05, 0) is 72.6 Å². The molecule has 0 radical (unpaired) electrons. The van der Waals surface area contributed by atoms with Gasteiger partial charge in [0.1, 0.15) is 0 Å². The van der Waals surface area contributed by atoms with Gasteiger partial charge in [0.05, 0.1) is 11.0 Å². The van der Waals surface area contributed by atoms with Crippen LogP contribution in [0, 0.1) is 0 Å². The molecule has 0 amide bonds. The number of aliphatic hydroxyl groups excluding tert-OH is 1. The molecule has 2 aliphatic rings. The topological polar surface area (TPSA) is 69.6 Å². The summed E-state index contributed by atoms with van der Waals surface area (Å²) < 4.78 is 27.9. The van der Waals surface area contributed by atoms with Gasteiger partial charge in [-0.25, -0.2) is 13.1 Å². The fourth-order valence-corrected chi connectivity index (χ4v) is 5.15. The zero-order valence-corrected chi connectivity index (χ0v) is 16.4. The summed E-state index contributed by atoms with van der Waals surface area (Å²) in [6.07, 6.45) is 4.32. The Balaban J connectivity index is 1.46. The van der Waals surface area contributed by atoms with Gasteiger partial charge in [0, 0.05) is 25.8 Å². The van der Waals surface area contributed by atoms with E-state index in [1.54, 1.807) is 12.1 Å². The molecule has 1 heterocycles. The van der Waals surface area contributed by atoms with Crippen molar-refractivity contribution in [1.29, 1.82) is 0 Å². The minimum Gasteiger partial charge on any atom is -0.387 e. The Labute approximate surface area is 161 Å². The molecule has 1 atom stereocenters. The van der Waals surface area contributed by atoms with Gasteiger partial charge in [0.2, 0.25) is 10.0 Å². The highest BCUT2D eigenvalue weighted by atomic mass is 32.2. The highest BCUT2D eigenvalue weighted by Crippen LogP contribution is 2.29. The first-order valence-electron chi connectivity index (χ1n) is 9.57. The second-order valence-corrected chi connectivity index (χ2v) is 9.33. The van der Waals surface area contributed by atoms with E-state index in [1.807, 2.05) is 24.3 Å². The third kappa shape index (κ3) is 3.74. The number of likely N-dealkylation sites (N-methyl/N-ethyl adjacent to an activating group) is 1. The van der Waals surface area contributed by atoms with Crippen molar-refractivity contribution in [3.05, 3.63) is 58.7 Å². The van der Waals surface area contributed by atoms with Crippen molar-refractivity contribution in [2.24, 2.45) is 0 Å². The lowest BCUT2D eigenvalue weighted by Gasteiger charge is -2.18. The van der Waals surface area contributed by atoms with Gasteiger partial charge in [0.15, 0.2) is 0 Å². The quantitative estimate of drug-likeness (QED) is 0.829. The summed E-state index contributed by atoms with van der Waals surface area (Å²) in [4.78, 5) is 2.47. The smallest absolute Gasteiger partial charge is 0.240 e. The van der Waals surface area contributed by atoms with Crippen molar-refractivity contribution in [3.8, 4) is 0 Å². The van der Waals surface area contributed by atoms with E-state index < -0.39 is 16.1 Å². The van der Waals surface area contributed by atoms with Crippen molar-refractivity contribution >= 4 is 15.7 Å². The van der Waals surface area contributed by atoms with Crippen molar-refractivity contribution in [1.82, 2.24) is 4.72 Å². The lowest BCUT2D eigenvalue weighted by atomic mass is 9.92. The molecule has 5 nitrogen and oxygen atoms in total. The highest BCUT2D eigenvalue weighted by molar-refractivity contribution is 7.89. The molecule has 1 aliphatic heterocycles. The molecule has 144 valence electrons. The number of hydrogen-bond donors (Lipinski definition) is 2. The third-order valence-corrected chi connectivity index (χ3v) is 7.13. The van der Waals surface area contributed by atoms with Gasteiger partial charge in [-0.2, -0.15) is 0 Å². The van der Waals surface area contributed by atoms with E-state index in [9.17, 15) is 13.5 Å². The van der Waals surface area contributed by atoms with Crippen LogP contribution < -0.4 is 9.62 Å². The summed E-state index contributed by atoms with van der Waals surface area (Å²) in [6.45, 7) is 0.938. The zero-order valence-electron chi connectivity index (χ0n) is 15.6. The Bertz CT molecular complexity index is 956. The first-order chi connectivity index (χ1) is 12.9. The molecule has 0 bridgehead atoms. The summed E-state index contributed by atoms with van der Waals surface area (Å²) >= 11 is 0. The number of rotatable bonds is 5. The van der Waals surface area contributed by atoms with Gasteiger partial charge < -0.3 is 10.0 Å². The van der Waals surface area contributed by atoms with Crippen LogP contribution in [0.1, 0.15) is 41.2 Å². The Hall–Kier alpha value is -1.89. The standard InChI is InChI=1S/C21H26N2O3S/c1-23-11-10-17-12-18(7-9-20(17)23)21(24)14-22-27(25,26)19-8-6-15-4-2-3-5-16(15)13-19/h6-9,12-13,21-22,24H,2-5,10-11,14H2,1H3. The fourth-order valence-electron chi connectivity index (χ4n) is 4.06. The number of benzene rings is 2. The van der Waals surface area contributed by atoms with Crippen LogP contribution in [0.4, 0.5) is 5.69 Å². The number of anilines is 1. The number of aliphatic hydroxyl groups is 1. The Morgan fingerprint density at radius 3 is 2.63 bits per heavy atom. The molecule has 1 unspecified atom stereocenters. The third-order valence-electron chi connectivity index (χ3n) is 5.71. The maximum Gasteiger partial charge on any atom is 0.240 e. The summed E-state index contributed by atoms with van der Waals surface area (Å²) in [7, 11) is -1.59. The molecule has 2 N–H and O–H groups in total. The van der Waals surface area contributed by atoms with Crippen molar-refractivity contribution in [2.45, 2.75) is 43.1 Å². The molecule has 0 fully saturated rings. The van der Waals surface area contributed by atoms with Crippen LogP contribution in [-0.4, -0.2) is 33.7 Å². The second-order valence-electron chi connectivity index (χ2n) is 7.57. The average Bonchev–Trinajstić information content (AvgIpc) is 3.06. The molecule has 0 spiro atoms. The molecule has 0 aromatic heterocycles. The predicted octanol–water partition coefficient (Wildman–Crippen LogP) is 2.57. The monoisotopic (exact) mass is 386 g/mol. The maximum atomic E-state index is 12.7. The van der Waals surface area contributed by atoms with Gasteiger partial charge in [-0.1, -0.05) is 18.2 Å². The minimum atomic E-state index is -3.64. The minimum absolute atomic E-state index is 0.0337. The van der Waals surface area contributed by atoms with Crippen molar-refractivity contribution in [2.75, 3.05) is 25.0 Å². The van der Waals surface area contributed by atoms with Crippen LogP contribution in [0.5, 0.6) is 0 Å². The summed E-state index contributed by atoms with van der Waals surface area (Å²) in [5.41, 5.74) is 5.51. The molecular weight excluding hydrogens is 360 g/mol. The predicted molar refractivity (Wildman–Crippen MR) is 107 cm³/mol. The van der Waals surface area contributed by atoms with Crippen molar-refractivity contribution in [3.63, 3.8) is 0 Å². The Kier molecular flexibility index (Phi) is 4.97. The number of nitrogens with one attached hydrogen (secondary N) is 1. The van der Waals surface area contributed by atoms with E-state index in [0.29, 0.717) is 0 Å². The van der Waals surface area contributed by atoms with Crippen LogP contribution in [0.25, 0.3) is 0 Å². The Morgan fingerprint density at radius 1 is 1.04 bits per heavy atom. The van der Waals surface area contributed by atoms with E-state index in [4.69, 9.17) is 0 Å². The molecule has 4 rings (SSSR count). The molecule has 6 heteroatoms. The molecule has 1 aliphatic carbocycles. The number of sulfonamides is 1. The van der Waals surface area contributed by atoms with E-state index in [1.165, 1.54) is 23.2 Å². The van der Waals surface area contributed by atoms with Crippen LogP contribution in [0.15, 0.2) is 41.3 Å². The van der Waals surface area contributed by atoms with Gasteiger partial charge in [-0.3, -0.25) is 0 Å². The van der Waals surface area contributed by atoms with E-state index >= 15 is 0 Å². The SMILES string of the molecule is CN1CCc2cc(C(O)CNS(=O)(=O)c3ccc4c(c3)CCCC4)ccc21. The molecule has 0 saturated heterocycles. The number of aryl methyl sites for hydroxylation is 2. The average molecular weight is 387 g/mol. The van der Waals surface area contributed by atoms with Gasteiger partial charge in [0.25, 0.3) is 0 Å². The summed E-state index contributed by atoms with van der Waals surface area (Å²) in [5, 5.41) is 10.5. The Morgan fingerprint density at radius 2 is 1.81 bits per heavy atom. The molecule has 2 aromatic carbocycles. The lowest BCUT2D eigenvalue weighted by Crippen LogP contribution is -2.28. The molecule has 2 aromatic rings. The first kappa shape index (κ1) is 18.5. The first-order valence-corrected chi connectivity index (χ1v) is 11.1. The largest absolute Gasteiger partial charge is 0.387 e. The molecular formula is C21H26N2O3S. The fraction of sp³-hybridized carbons (Fsp3) is 0.429. The van der Waals surface area contributed by atoms with Crippen LogP contribution in [-0.2, 0) is 29.3 Å².